The summed E-state index contributed by atoms with van der Waals surface area (Å²) in [6.45, 7) is 13.7. The Morgan fingerprint density at radius 3 is 2.61 bits per heavy atom. The summed E-state index contributed by atoms with van der Waals surface area (Å²) in [6.07, 6.45) is 11.8. The van der Waals surface area contributed by atoms with Crippen LogP contribution in [0.4, 0.5) is 0 Å². The van der Waals surface area contributed by atoms with E-state index in [1.807, 2.05) is 0 Å². The predicted molar refractivity (Wildman–Crippen MR) is 139 cm³/mol. The molecule has 0 unspecified atom stereocenters. The molecule has 5 heteroatoms. The molecular weight excluding hydrogens is 450 g/mol. The van der Waals surface area contributed by atoms with Gasteiger partial charge in [-0.05, 0) is 91.9 Å². The third-order valence-electron chi connectivity index (χ3n) is 11.7. The molecule has 4 aliphatic carbocycles. The minimum absolute atomic E-state index is 0.0607. The van der Waals surface area contributed by atoms with E-state index >= 15 is 0 Å². The lowest BCUT2D eigenvalue weighted by Crippen LogP contribution is -2.50. The van der Waals surface area contributed by atoms with Crippen LogP contribution in [0.5, 0.6) is 0 Å². The zero-order valence-electron chi connectivity index (χ0n) is 23.1. The lowest BCUT2D eigenvalue weighted by molar-refractivity contribution is -0.148. The van der Waals surface area contributed by atoms with Crippen LogP contribution >= 0.6 is 0 Å². The van der Waals surface area contributed by atoms with E-state index in [2.05, 4.69) is 38.7 Å². The van der Waals surface area contributed by atoms with Crippen molar-refractivity contribution in [1.29, 1.82) is 0 Å². The summed E-state index contributed by atoms with van der Waals surface area (Å²) in [6, 6.07) is 0.132. The van der Waals surface area contributed by atoms with Gasteiger partial charge in [0.25, 0.3) is 0 Å². The van der Waals surface area contributed by atoms with Crippen molar-refractivity contribution >= 4 is 11.9 Å². The predicted octanol–water partition coefficient (Wildman–Crippen LogP) is 6.04. The summed E-state index contributed by atoms with van der Waals surface area (Å²) in [4.78, 5) is 26.0. The largest absolute Gasteiger partial charge is 0.492 e. The molecule has 0 aromatic rings. The topological polar surface area (TPSA) is 55.8 Å². The van der Waals surface area contributed by atoms with E-state index in [4.69, 9.17) is 9.47 Å². The number of hydrogen-bond acceptors (Lipinski definition) is 4. The molecule has 4 fully saturated rings. The smallest absolute Gasteiger partial charge is 0.302 e. The van der Waals surface area contributed by atoms with Gasteiger partial charge in [0.15, 0.2) is 0 Å². The van der Waals surface area contributed by atoms with Crippen LogP contribution in [0.15, 0.2) is 23.0 Å². The van der Waals surface area contributed by atoms with Gasteiger partial charge in [0.2, 0.25) is 5.91 Å². The van der Waals surface area contributed by atoms with E-state index in [-0.39, 0.29) is 41.0 Å². The molecule has 5 nitrogen and oxygen atoms in total. The van der Waals surface area contributed by atoms with Crippen LogP contribution in [0.1, 0.15) is 92.9 Å². The number of amides is 1. The van der Waals surface area contributed by atoms with Crippen LogP contribution < -0.4 is 0 Å². The Morgan fingerprint density at radius 2 is 1.89 bits per heavy atom. The molecule has 2 aliphatic heterocycles. The molecular formula is C31H45NO4. The van der Waals surface area contributed by atoms with Crippen molar-refractivity contribution in [2.24, 2.45) is 40.4 Å². The Labute approximate surface area is 217 Å². The first-order valence-electron chi connectivity index (χ1n) is 14.5. The fraction of sp³-hybridized carbons (Fsp3) is 0.806. The third-order valence-corrected chi connectivity index (χ3v) is 11.7. The van der Waals surface area contributed by atoms with E-state index in [0.29, 0.717) is 23.7 Å². The van der Waals surface area contributed by atoms with Gasteiger partial charge in [-0.2, -0.15) is 0 Å². The van der Waals surface area contributed by atoms with Crippen LogP contribution in [0, 0.1) is 40.4 Å². The zero-order valence-corrected chi connectivity index (χ0v) is 23.1. The van der Waals surface area contributed by atoms with Crippen LogP contribution in [-0.2, 0) is 19.1 Å². The minimum atomic E-state index is -0.148. The normalized spacial score (nSPS) is 47.4. The molecule has 10 atom stereocenters. The quantitative estimate of drug-likeness (QED) is 0.346. The molecule has 0 aromatic carbocycles. The van der Waals surface area contributed by atoms with Crippen molar-refractivity contribution in [2.45, 2.75) is 111 Å². The highest BCUT2D eigenvalue weighted by Crippen LogP contribution is 2.69. The van der Waals surface area contributed by atoms with Crippen molar-refractivity contribution in [1.82, 2.24) is 4.90 Å². The van der Waals surface area contributed by atoms with Gasteiger partial charge in [-0.15, -0.1) is 0 Å². The average molecular weight is 496 g/mol. The van der Waals surface area contributed by atoms with E-state index in [0.717, 1.165) is 56.7 Å². The number of rotatable bonds is 2. The molecule has 3 saturated carbocycles. The fourth-order valence-corrected chi connectivity index (χ4v) is 10.2. The van der Waals surface area contributed by atoms with Gasteiger partial charge in [-0.25, -0.2) is 0 Å². The second-order valence-electron chi connectivity index (χ2n) is 13.7. The van der Waals surface area contributed by atoms with Gasteiger partial charge < -0.3 is 14.4 Å². The SMILES string of the molecule is CC(=O)O[C@H]1CC[C@@]2(C)C(=CC[C@H]3[C@@H]4C[C@@H]5OC([C@H]6C[C@H](C)CN6C(C)=O)=C(C)[C@@H]5[C@@]4(C)CC[C@@H]32)C1. The van der Waals surface area contributed by atoms with Gasteiger partial charge in [-0.1, -0.05) is 32.4 Å². The second-order valence-corrected chi connectivity index (χ2v) is 13.7. The Kier molecular flexibility index (Phi) is 5.70. The number of nitrogens with zero attached hydrogens (tertiary/aromatic N) is 1. The maximum absolute atomic E-state index is 12.4. The van der Waals surface area contributed by atoms with Crippen molar-refractivity contribution in [3.8, 4) is 0 Å². The Morgan fingerprint density at radius 1 is 1.11 bits per heavy atom. The number of ether oxygens (including phenoxy) is 2. The number of allylic oxidation sites excluding steroid dienone is 1. The lowest BCUT2D eigenvalue weighted by Gasteiger charge is -2.58. The van der Waals surface area contributed by atoms with Crippen LogP contribution in [0.25, 0.3) is 0 Å². The summed E-state index contributed by atoms with van der Waals surface area (Å²) < 4.78 is 12.5. The van der Waals surface area contributed by atoms with E-state index in [1.165, 1.54) is 25.3 Å². The summed E-state index contributed by atoms with van der Waals surface area (Å²) in [5, 5.41) is 0. The minimum Gasteiger partial charge on any atom is -0.492 e. The fourth-order valence-electron chi connectivity index (χ4n) is 10.2. The number of carbonyl (C=O) groups excluding carboxylic acids is 2. The van der Waals surface area contributed by atoms with E-state index in [9.17, 15) is 9.59 Å². The lowest BCUT2D eigenvalue weighted by atomic mass is 9.47. The first-order chi connectivity index (χ1) is 17.0. The Hall–Kier alpha value is -1.78. The van der Waals surface area contributed by atoms with Crippen molar-refractivity contribution < 1.29 is 19.1 Å². The molecule has 36 heavy (non-hydrogen) atoms. The van der Waals surface area contributed by atoms with Gasteiger partial charge >= 0.3 is 5.97 Å². The highest BCUT2D eigenvalue weighted by atomic mass is 16.5. The Bertz CT molecular complexity index is 1030. The molecule has 6 aliphatic rings. The molecule has 198 valence electrons. The Balaban J connectivity index is 1.25. The third kappa shape index (κ3) is 3.46. The molecule has 0 N–H and O–H groups in total. The summed E-state index contributed by atoms with van der Waals surface area (Å²) >= 11 is 0. The summed E-state index contributed by atoms with van der Waals surface area (Å²) in [5.74, 6) is 4.31. The van der Waals surface area contributed by atoms with E-state index < -0.39 is 0 Å². The van der Waals surface area contributed by atoms with Crippen LogP contribution in [0.2, 0.25) is 0 Å². The molecule has 0 radical (unpaired) electrons. The first kappa shape index (κ1) is 24.6. The van der Waals surface area contributed by atoms with Crippen molar-refractivity contribution in [2.75, 3.05) is 6.54 Å². The molecule has 0 spiro atoms. The van der Waals surface area contributed by atoms with Crippen LogP contribution in [0.3, 0.4) is 0 Å². The standard InChI is InChI=1S/C31H45NO4/c1-17-13-26(32(16-17)19(3)33)29-18(2)28-27(36-29)15-25-23-8-7-21-14-22(35-20(4)34)9-11-30(21,5)24(23)10-12-31(25,28)6/h7,17,22-28H,8-16H2,1-6H3/t17-,22-,23+,24-,25-,26+,27-,28-,30-,31-/m0/s1. The monoisotopic (exact) mass is 495 g/mol. The van der Waals surface area contributed by atoms with Gasteiger partial charge in [-0.3, -0.25) is 9.59 Å². The highest BCUT2D eigenvalue weighted by Gasteiger charge is 2.64. The molecule has 2 heterocycles. The van der Waals surface area contributed by atoms with Crippen molar-refractivity contribution in [3.05, 3.63) is 23.0 Å². The molecule has 0 bridgehead atoms. The van der Waals surface area contributed by atoms with Crippen LogP contribution in [-0.4, -0.2) is 41.6 Å². The number of fused-ring (bicyclic) bond motifs is 7. The number of hydrogen-bond donors (Lipinski definition) is 0. The van der Waals surface area contributed by atoms with Crippen molar-refractivity contribution in [3.63, 3.8) is 0 Å². The van der Waals surface area contributed by atoms with Gasteiger partial charge in [0.05, 0.1) is 6.04 Å². The number of esters is 1. The second kappa shape index (κ2) is 8.36. The molecule has 1 saturated heterocycles. The van der Waals surface area contributed by atoms with Gasteiger partial charge in [0, 0.05) is 32.7 Å². The van der Waals surface area contributed by atoms with E-state index in [1.54, 1.807) is 12.5 Å². The highest BCUT2D eigenvalue weighted by molar-refractivity contribution is 5.74. The molecule has 1 amide bonds. The molecule has 0 aromatic heterocycles. The summed E-state index contributed by atoms with van der Waals surface area (Å²) in [7, 11) is 0. The molecule has 6 rings (SSSR count). The number of carbonyl (C=O) groups is 2. The first-order valence-corrected chi connectivity index (χ1v) is 14.5. The maximum atomic E-state index is 12.4. The maximum Gasteiger partial charge on any atom is 0.302 e. The zero-order chi connectivity index (χ0) is 25.6. The number of likely N-dealkylation sites (tertiary alicyclic amines) is 1. The average Bonchev–Trinajstić information content (AvgIpc) is 3.44. The summed E-state index contributed by atoms with van der Waals surface area (Å²) in [5.41, 5.74) is 3.52. The van der Waals surface area contributed by atoms with Gasteiger partial charge in [0.1, 0.15) is 18.0 Å².